The number of esters is 1. The summed E-state index contributed by atoms with van der Waals surface area (Å²) in [6, 6.07) is -0.383. The highest BCUT2D eigenvalue weighted by Crippen LogP contribution is 2.17. The molecule has 0 heterocycles. The molecule has 0 saturated heterocycles. The van der Waals surface area contributed by atoms with E-state index in [4.69, 9.17) is 4.74 Å². The number of amides is 1. The highest BCUT2D eigenvalue weighted by molar-refractivity contribution is 6.23. The largest absolute Gasteiger partial charge is 0.460 e. The van der Waals surface area contributed by atoms with Gasteiger partial charge < -0.3 is 9.64 Å². The molecule has 0 aromatic rings. The molecule has 5 heteroatoms. The standard InChI is InChI=1S/C13H21NO4/c1-9(2)12(17)18-8-10(3)14(11(16)7-15)13(4,5)6/h7,10H,1,8H2,2-6H3. The third kappa shape index (κ3) is 4.69. The molecule has 0 radical (unpaired) electrons. The number of carbonyl (C=O) groups excluding carboxylic acids is 3. The molecule has 102 valence electrons. The summed E-state index contributed by atoms with van der Waals surface area (Å²) in [5, 5.41) is 0. The van der Waals surface area contributed by atoms with Gasteiger partial charge in [-0.05, 0) is 34.6 Å². The lowest BCUT2D eigenvalue weighted by atomic mass is 10.0. The fraction of sp³-hybridized carbons (Fsp3) is 0.615. The zero-order valence-electron chi connectivity index (χ0n) is 11.6. The number of carbonyl (C=O) groups is 3. The Bertz CT molecular complexity index is 354. The molecule has 1 atom stereocenters. The molecule has 0 rings (SSSR count). The van der Waals surface area contributed by atoms with Crippen LogP contribution in [0.3, 0.4) is 0 Å². The van der Waals surface area contributed by atoms with E-state index in [1.54, 1.807) is 13.8 Å². The number of ether oxygens (including phenoxy) is 1. The summed E-state index contributed by atoms with van der Waals surface area (Å²) in [5.41, 5.74) is -0.223. The number of hydrogen-bond acceptors (Lipinski definition) is 4. The number of hydrogen-bond donors (Lipinski definition) is 0. The lowest BCUT2D eigenvalue weighted by molar-refractivity contribution is -0.150. The van der Waals surface area contributed by atoms with Crippen LogP contribution in [0.4, 0.5) is 0 Å². The predicted molar refractivity (Wildman–Crippen MR) is 67.9 cm³/mol. The zero-order valence-corrected chi connectivity index (χ0v) is 11.6. The first-order valence-electron chi connectivity index (χ1n) is 5.72. The van der Waals surface area contributed by atoms with Crippen LogP contribution in [-0.2, 0) is 19.1 Å². The molecule has 0 aliphatic carbocycles. The molecule has 0 saturated carbocycles. The molecule has 0 aliphatic rings. The van der Waals surface area contributed by atoms with Gasteiger partial charge in [0.2, 0.25) is 6.29 Å². The summed E-state index contributed by atoms with van der Waals surface area (Å²) in [6.07, 6.45) is 0.266. The van der Waals surface area contributed by atoms with Crippen molar-refractivity contribution >= 4 is 18.2 Å². The monoisotopic (exact) mass is 255 g/mol. The summed E-state index contributed by atoms with van der Waals surface area (Å²) in [6.45, 7) is 12.2. The highest BCUT2D eigenvalue weighted by Gasteiger charge is 2.31. The lowest BCUT2D eigenvalue weighted by Crippen LogP contribution is -2.52. The van der Waals surface area contributed by atoms with Crippen LogP contribution >= 0.6 is 0 Å². The van der Waals surface area contributed by atoms with Crippen LogP contribution in [0.2, 0.25) is 0 Å². The molecular weight excluding hydrogens is 234 g/mol. The smallest absolute Gasteiger partial charge is 0.333 e. The van der Waals surface area contributed by atoms with E-state index in [0.29, 0.717) is 5.57 Å². The molecular formula is C13H21NO4. The average Bonchev–Trinajstić information content (AvgIpc) is 2.23. The SMILES string of the molecule is C=C(C)C(=O)OCC(C)N(C(=O)C=O)C(C)(C)C. The Hall–Kier alpha value is -1.65. The van der Waals surface area contributed by atoms with Crippen LogP contribution in [0.15, 0.2) is 12.2 Å². The normalized spacial score (nSPS) is 12.5. The molecule has 0 N–H and O–H groups in total. The van der Waals surface area contributed by atoms with Crippen molar-refractivity contribution in [3.63, 3.8) is 0 Å². The van der Waals surface area contributed by atoms with Crippen LogP contribution in [0.1, 0.15) is 34.6 Å². The molecule has 0 aromatic heterocycles. The van der Waals surface area contributed by atoms with Gasteiger partial charge in [0.15, 0.2) is 0 Å². The van der Waals surface area contributed by atoms with Crippen molar-refractivity contribution in [3.8, 4) is 0 Å². The summed E-state index contributed by atoms with van der Waals surface area (Å²) in [4.78, 5) is 34.9. The molecule has 1 unspecified atom stereocenters. The van der Waals surface area contributed by atoms with Crippen molar-refractivity contribution < 1.29 is 19.1 Å². The molecule has 0 aromatic carbocycles. The first-order valence-corrected chi connectivity index (χ1v) is 5.72. The van der Waals surface area contributed by atoms with Crippen LogP contribution < -0.4 is 0 Å². The van der Waals surface area contributed by atoms with Crippen LogP contribution in [-0.4, -0.2) is 41.3 Å². The fourth-order valence-corrected chi connectivity index (χ4v) is 1.66. The Morgan fingerprint density at radius 2 is 1.89 bits per heavy atom. The summed E-state index contributed by atoms with van der Waals surface area (Å²) in [5.74, 6) is -1.13. The Balaban J connectivity index is 4.74. The summed E-state index contributed by atoms with van der Waals surface area (Å²) >= 11 is 0. The second-order valence-electron chi connectivity index (χ2n) is 5.22. The quantitative estimate of drug-likeness (QED) is 0.322. The molecule has 1 amide bonds. The minimum atomic E-state index is -0.624. The maximum Gasteiger partial charge on any atom is 0.333 e. The van der Waals surface area contributed by atoms with Crippen molar-refractivity contribution in [2.24, 2.45) is 0 Å². The maximum atomic E-state index is 11.6. The van der Waals surface area contributed by atoms with Gasteiger partial charge in [0.1, 0.15) is 6.61 Å². The van der Waals surface area contributed by atoms with Gasteiger partial charge in [-0.15, -0.1) is 0 Å². The average molecular weight is 255 g/mol. The zero-order chi connectivity index (χ0) is 14.5. The first kappa shape index (κ1) is 16.4. The van der Waals surface area contributed by atoms with E-state index in [1.165, 1.54) is 4.90 Å². The van der Waals surface area contributed by atoms with Crippen LogP contribution in [0, 0.1) is 0 Å². The van der Waals surface area contributed by atoms with Gasteiger partial charge in [-0.1, -0.05) is 6.58 Å². The molecule has 18 heavy (non-hydrogen) atoms. The Labute approximate surface area is 108 Å². The van der Waals surface area contributed by atoms with E-state index in [-0.39, 0.29) is 18.9 Å². The van der Waals surface area contributed by atoms with Gasteiger partial charge in [0, 0.05) is 11.1 Å². The minimum Gasteiger partial charge on any atom is -0.460 e. The van der Waals surface area contributed by atoms with Crippen LogP contribution in [0.25, 0.3) is 0 Å². The topological polar surface area (TPSA) is 63.7 Å². The van der Waals surface area contributed by atoms with Gasteiger partial charge in [-0.2, -0.15) is 0 Å². The highest BCUT2D eigenvalue weighted by atomic mass is 16.5. The third-order valence-corrected chi connectivity index (χ3v) is 2.31. The second-order valence-corrected chi connectivity index (χ2v) is 5.22. The number of aldehydes is 1. The van der Waals surface area contributed by atoms with Gasteiger partial charge in [0.05, 0.1) is 6.04 Å². The van der Waals surface area contributed by atoms with Crippen molar-refractivity contribution in [1.29, 1.82) is 0 Å². The van der Waals surface area contributed by atoms with Gasteiger partial charge in [-0.3, -0.25) is 9.59 Å². The van der Waals surface area contributed by atoms with E-state index in [0.717, 1.165) is 0 Å². The molecule has 0 fully saturated rings. The van der Waals surface area contributed by atoms with E-state index >= 15 is 0 Å². The van der Waals surface area contributed by atoms with Gasteiger partial charge >= 0.3 is 5.97 Å². The Kier molecular flexibility index (Phi) is 5.75. The minimum absolute atomic E-state index is 0.0303. The Morgan fingerprint density at radius 1 is 1.39 bits per heavy atom. The third-order valence-electron chi connectivity index (χ3n) is 2.31. The van der Waals surface area contributed by atoms with Crippen LogP contribution in [0.5, 0.6) is 0 Å². The van der Waals surface area contributed by atoms with Crippen molar-refractivity contribution in [3.05, 3.63) is 12.2 Å². The maximum absolute atomic E-state index is 11.6. The lowest BCUT2D eigenvalue weighted by Gasteiger charge is -2.38. The van der Waals surface area contributed by atoms with E-state index in [2.05, 4.69) is 6.58 Å². The summed E-state index contributed by atoms with van der Waals surface area (Å²) < 4.78 is 4.99. The number of nitrogens with zero attached hydrogens (tertiary/aromatic N) is 1. The van der Waals surface area contributed by atoms with Gasteiger partial charge in [0.25, 0.3) is 5.91 Å². The van der Waals surface area contributed by atoms with E-state index < -0.39 is 17.4 Å². The van der Waals surface area contributed by atoms with E-state index in [1.807, 2.05) is 20.8 Å². The Morgan fingerprint density at radius 3 is 2.22 bits per heavy atom. The second kappa shape index (κ2) is 6.33. The predicted octanol–water partition coefficient (Wildman–Crippen LogP) is 1.32. The van der Waals surface area contributed by atoms with Crippen molar-refractivity contribution in [1.82, 2.24) is 4.90 Å². The summed E-state index contributed by atoms with van der Waals surface area (Å²) in [7, 11) is 0. The molecule has 0 spiro atoms. The van der Waals surface area contributed by atoms with E-state index in [9.17, 15) is 14.4 Å². The van der Waals surface area contributed by atoms with Gasteiger partial charge in [-0.25, -0.2) is 4.79 Å². The fourth-order valence-electron chi connectivity index (χ4n) is 1.66. The van der Waals surface area contributed by atoms with Crippen molar-refractivity contribution in [2.75, 3.05) is 6.61 Å². The molecule has 0 bridgehead atoms. The molecule has 5 nitrogen and oxygen atoms in total. The number of rotatable bonds is 5. The molecule has 0 aliphatic heterocycles. The first-order chi connectivity index (χ1) is 8.11. The van der Waals surface area contributed by atoms with Crippen molar-refractivity contribution in [2.45, 2.75) is 46.2 Å².